The average molecular weight is 357 g/mol. The van der Waals surface area contributed by atoms with E-state index in [1.807, 2.05) is 0 Å². The first-order valence-corrected chi connectivity index (χ1v) is 6.78. The van der Waals surface area contributed by atoms with Crippen LogP contribution in [0.3, 0.4) is 0 Å². The zero-order valence-electron chi connectivity index (χ0n) is 10.5. The fourth-order valence-electron chi connectivity index (χ4n) is 1.71. The van der Waals surface area contributed by atoms with Gasteiger partial charge in [-0.2, -0.15) is 0 Å². The highest BCUT2D eigenvalue weighted by Crippen LogP contribution is 2.24. The van der Waals surface area contributed by atoms with E-state index in [0.717, 1.165) is 4.47 Å². The van der Waals surface area contributed by atoms with E-state index in [9.17, 15) is 9.59 Å². The molecule has 2 aromatic rings. The Kier molecular flexibility index (Phi) is 4.15. The van der Waals surface area contributed by atoms with Crippen LogP contribution in [-0.4, -0.2) is 16.4 Å². The Labute approximate surface area is 128 Å². The van der Waals surface area contributed by atoms with Gasteiger partial charge in [0.1, 0.15) is 5.69 Å². The van der Waals surface area contributed by atoms with Gasteiger partial charge in [-0.15, -0.1) is 0 Å². The van der Waals surface area contributed by atoms with Gasteiger partial charge in [0.2, 0.25) is 5.91 Å². The van der Waals surface area contributed by atoms with E-state index in [1.165, 1.54) is 18.2 Å². The van der Waals surface area contributed by atoms with Crippen molar-refractivity contribution in [3.05, 3.63) is 51.2 Å². The maximum absolute atomic E-state index is 12.2. The summed E-state index contributed by atoms with van der Waals surface area (Å²) in [5.74, 6) is -0.916. The van der Waals surface area contributed by atoms with Crippen LogP contribution < -0.4 is 11.1 Å². The summed E-state index contributed by atoms with van der Waals surface area (Å²) in [6.45, 7) is 0. The van der Waals surface area contributed by atoms with E-state index in [1.54, 1.807) is 23.9 Å². The van der Waals surface area contributed by atoms with Crippen LogP contribution in [0.15, 0.2) is 34.9 Å². The van der Waals surface area contributed by atoms with Gasteiger partial charge < -0.3 is 15.6 Å². The number of amides is 2. The van der Waals surface area contributed by atoms with Gasteiger partial charge in [0.25, 0.3) is 5.91 Å². The van der Waals surface area contributed by atoms with Crippen LogP contribution in [0.1, 0.15) is 20.8 Å². The van der Waals surface area contributed by atoms with E-state index in [2.05, 4.69) is 21.2 Å². The predicted octanol–water partition coefficient (Wildman–Crippen LogP) is 2.79. The Morgan fingerprint density at radius 2 is 2.05 bits per heavy atom. The van der Waals surface area contributed by atoms with Gasteiger partial charge in [0, 0.05) is 23.3 Å². The summed E-state index contributed by atoms with van der Waals surface area (Å²) < 4.78 is 2.47. The number of benzene rings is 1. The number of halogens is 2. The molecule has 2 amide bonds. The second kappa shape index (κ2) is 5.68. The van der Waals surface area contributed by atoms with E-state index >= 15 is 0 Å². The van der Waals surface area contributed by atoms with E-state index in [0.29, 0.717) is 16.4 Å². The van der Waals surface area contributed by atoms with Crippen molar-refractivity contribution >= 4 is 45.0 Å². The fourth-order valence-corrected chi connectivity index (χ4v) is 2.40. The van der Waals surface area contributed by atoms with Crippen LogP contribution in [0.5, 0.6) is 0 Å². The quantitative estimate of drug-likeness (QED) is 0.887. The summed E-state index contributed by atoms with van der Waals surface area (Å²) in [4.78, 5) is 23.3. The van der Waals surface area contributed by atoms with Gasteiger partial charge >= 0.3 is 0 Å². The Morgan fingerprint density at radius 1 is 1.35 bits per heavy atom. The number of aromatic nitrogens is 1. The number of nitrogens with zero attached hydrogens (tertiary/aromatic N) is 1. The first-order valence-electron chi connectivity index (χ1n) is 5.61. The number of nitrogens with one attached hydrogen (secondary N) is 1. The molecule has 7 heteroatoms. The minimum atomic E-state index is -0.584. The maximum atomic E-state index is 12.2. The zero-order valence-corrected chi connectivity index (χ0v) is 12.8. The van der Waals surface area contributed by atoms with Crippen molar-refractivity contribution in [3.8, 4) is 0 Å². The SMILES string of the molecule is Cn1cc(Br)cc1C(=O)Nc1cc(C(N)=O)ccc1Cl. The molecule has 0 bridgehead atoms. The molecule has 0 aliphatic heterocycles. The molecule has 0 aliphatic carbocycles. The van der Waals surface area contributed by atoms with Crippen LogP contribution in [-0.2, 0) is 7.05 Å². The van der Waals surface area contributed by atoms with Crippen molar-refractivity contribution in [2.24, 2.45) is 12.8 Å². The summed E-state index contributed by atoms with van der Waals surface area (Å²) >= 11 is 9.29. The molecule has 20 heavy (non-hydrogen) atoms. The number of primary amides is 1. The molecule has 0 spiro atoms. The number of anilines is 1. The Bertz CT molecular complexity index is 697. The highest BCUT2D eigenvalue weighted by molar-refractivity contribution is 9.10. The zero-order chi connectivity index (χ0) is 14.9. The number of carbonyl (C=O) groups excluding carboxylic acids is 2. The molecule has 104 valence electrons. The predicted molar refractivity (Wildman–Crippen MR) is 81.0 cm³/mol. The standard InChI is InChI=1S/C13H11BrClN3O2/c1-18-6-8(14)5-11(18)13(20)17-10-4-7(12(16)19)2-3-9(10)15/h2-6H,1H3,(H2,16,19)(H,17,20). The molecule has 0 aliphatic rings. The lowest BCUT2D eigenvalue weighted by Crippen LogP contribution is -2.17. The highest BCUT2D eigenvalue weighted by Gasteiger charge is 2.14. The molecule has 0 fully saturated rings. The van der Waals surface area contributed by atoms with Gasteiger partial charge in [0.15, 0.2) is 0 Å². The summed E-state index contributed by atoms with van der Waals surface area (Å²) in [7, 11) is 1.75. The minimum Gasteiger partial charge on any atom is -0.366 e. The molecular formula is C13H11BrClN3O2. The molecular weight excluding hydrogens is 346 g/mol. The number of aryl methyl sites for hydroxylation is 1. The number of rotatable bonds is 3. The number of nitrogens with two attached hydrogens (primary N) is 1. The average Bonchev–Trinajstić information content (AvgIpc) is 2.71. The van der Waals surface area contributed by atoms with Gasteiger partial charge in [-0.05, 0) is 40.2 Å². The van der Waals surface area contributed by atoms with Crippen LogP contribution in [0.25, 0.3) is 0 Å². The van der Waals surface area contributed by atoms with Crippen LogP contribution >= 0.6 is 27.5 Å². The molecule has 1 aromatic heterocycles. The third kappa shape index (κ3) is 3.02. The van der Waals surface area contributed by atoms with E-state index in [-0.39, 0.29) is 11.5 Å². The van der Waals surface area contributed by atoms with Crippen molar-refractivity contribution in [2.45, 2.75) is 0 Å². The summed E-state index contributed by atoms with van der Waals surface area (Å²) in [5.41, 5.74) is 6.27. The minimum absolute atomic E-state index is 0.276. The summed E-state index contributed by atoms with van der Waals surface area (Å²) in [6, 6.07) is 6.14. The molecule has 1 heterocycles. The van der Waals surface area contributed by atoms with Gasteiger partial charge in [-0.1, -0.05) is 11.6 Å². The van der Waals surface area contributed by atoms with Gasteiger partial charge in [-0.3, -0.25) is 9.59 Å². The first-order chi connectivity index (χ1) is 9.38. The molecule has 0 atom stereocenters. The second-order valence-corrected chi connectivity index (χ2v) is 5.49. The van der Waals surface area contributed by atoms with E-state index < -0.39 is 5.91 Å². The molecule has 1 aromatic carbocycles. The van der Waals surface area contributed by atoms with Crippen molar-refractivity contribution in [1.29, 1.82) is 0 Å². The molecule has 0 unspecified atom stereocenters. The smallest absolute Gasteiger partial charge is 0.272 e. The summed E-state index contributed by atoms with van der Waals surface area (Å²) in [5, 5.41) is 2.99. The molecule has 2 rings (SSSR count). The topological polar surface area (TPSA) is 77.1 Å². The largest absolute Gasteiger partial charge is 0.366 e. The monoisotopic (exact) mass is 355 g/mol. The van der Waals surface area contributed by atoms with Crippen molar-refractivity contribution < 1.29 is 9.59 Å². The Balaban J connectivity index is 2.30. The number of hydrogen-bond acceptors (Lipinski definition) is 2. The van der Waals surface area contributed by atoms with Gasteiger partial charge in [-0.25, -0.2) is 0 Å². The molecule has 5 nitrogen and oxygen atoms in total. The van der Waals surface area contributed by atoms with Crippen molar-refractivity contribution in [1.82, 2.24) is 4.57 Å². The number of carbonyl (C=O) groups is 2. The maximum Gasteiger partial charge on any atom is 0.272 e. The lowest BCUT2D eigenvalue weighted by molar-refractivity contribution is 0.0995. The molecule has 0 radical (unpaired) electrons. The van der Waals surface area contributed by atoms with Crippen molar-refractivity contribution in [2.75, 3.05) is 5.32 Å². The lowest BCUT2D eigenvalue weighted by atomic mass is 10.2. The van der Waals surface area contributed by atoms with Crippen LogP contribution in [0.4, 0.5) is 5.69 Å². The molecule has 3 N–H and O–H groups in total. The Hall–Kier alpha value is -1.79. The second-order valence-electron chi connectivity index (χ2n) is 4.17. The molecule has 0 saturated heterocycles. The Morgan fingerprint density at radius 3 is 2.60 bits per heavy atom. The third-order valence-corrected chi connectivity index (χ3v) is 3.47. The molecule has 0 saturated carbocycles. The van der Waals surface area contributed by atoms with Crippen LogP contribution in [0.2, 0.25) is 5.02 Å². The summed E-state index contributed by atoms with van der Waals surface area (Å²) in [6.07, 6.45) is 1.76. The highest BCUT2D eigenvalue weighted by atomic mass is 79.9. The number of hydrogen-bond donors (Lipinski definition) is 2. The van der Waals surface area contributed by atoms with E-state index in [4.69, 9.17) is 17.3 Å². The van der Waals surface area contributed by atoms with Gasteiger partial charge in [0.05, 0.1) is 10.7 Å². The van der Waals surface area contributed by atoms with Crippen LogP contribution in [0, 0.1) is 0 Å². The van der Waals surface area contributed by atoms with Crippen molar-refractivity contribution in [3.63, 3.8) is 0 Å². The third-order valence-electron chi connectivity index (χ3n) is 2.70. The lowest BCUT2D eigenvalue weighted by Gasteiger charge is -2.09. The fraction of sp³-hybridized carbons (Fsp3) is 0.0769. The first kappa shape index (κ1) is 14.6. The normalized spacial score (nSPS) is 10.3.